The molecule has 0 saturated heterocycles. The van der Waals surface area contributed by atoms with Crippen LogP contribution in [-0.4, -0.2) is 59.1 Å². The van der Waals surface area contributed by atoms with Crippen LogP contribution in [0, 0.1) is 22.7 Å². The van der Waals surface area contributed by atoms with E-state index in [0.29, 0.717) is 30.6 Å². The second kappa shape index (κ2) is 8.09. The Morgan fingerprint density at radius 1 is 1.12 bits per heavy atom. The van der Waals surface area contributed by atoms with Gasteiger partial charge >= 0.3 is 17.9 Å². The zero-order valence-corrected chi connectivity index (χ0v) is 20.5. The van der Waals surface area contributed by atoms with E-state index >= 15 is 0 Å². The summed E-state index contributed by atoms with van der Waals surface area (Å²) in [7, 11) is 1.27. The van der Waals surface area contributed by atoms with Crippen LogP contribution in [0.15, 0.2) is 16.7 Å². The van der Waals surface area contributed by atoms with Gasteiger partial charge in [-0.05, 0) is 30.2 Å². The zero-order valence-electron chi connectivity index (χ0n) is 20.5. The number of esters is 3. The van der Waals surface area contributed by atoms with Crippen molar-refractivity contribution >= 4 is 17.9 Å². The van der Waals surface area contributed by atoms with E-state index in [-0.39, 0.29) is 0 Å². The Labute approximate surface area is 198 Å². The van der Waals surface area contributed by atoms with Crippen molar-refractivity contribution in [1.82, 2.24) is 0 Å². The summed E-state index contributed by atoms with van der Waals surface area (Å²) in [6.07, 6.45) is -0.758. The van der Waals surface area contributed by atoms with Crippen LogP contribution in [0.5, 0.6) is 0 Å². The van der Waals surface area contributed by atoms with Crippen molar-refractivity contribution in [2.24, 2.45) is 22.7 Å². The molecule has 0 radical (unpaired) electrons. The van der Waals surface area contributed by atoms with Crippen molar-refractivity contribution in [1.29, 1.82) is 0 Å². The third-order valence-electron chi connectivity index (χ3n) is 8.88. The molecule has 3 aliphatic carbocycles. The molecule has 0 bridgehead atoms. The van der Waals surface area contributed by atoms with Crippen molar-refractivity contribution in [3.05, 3.63) is 23.7 Å². The summed E-state index contributed by atoms with van der Waals surface area (Å²) >= 11 is 0. The first-order valence-corrected chi connectivity index (χ1v) is 11.7. The molecule has 9 nitrogen and oxygen atoms in total. The average Bonchev–Trinajstić information content (AvgIpc) is 3.23. The van der Waals surface area contributed by atoms with Gasteiger partial charge in [0.05, 0.1) is 19.3 Å². The number of fused-ring (bicyclic) bond motifs is 4. The summed E-state index contributed by atoms with van der Waals surface area (Å²) in [5.41, 5.74) is -3.24. The highest BCUT2D eigenvalue weighted by atomic mass is 16.6. The SMILES string of the molecule is COC(=O)C1c2ccoc2CC2C1C(OC(C)=O)C(O)C1(O)C(C)(C)CCC(OC(C)=O)C21C. The van der Waals surface area contributed by atoms with Gasteiger partial charge in [0.2, 0.25) is 0 Å². The van der Waals surface area contributed by atoms with Gasteiger partial charge in [-0.2, -0.15) is 0 Å². The minimum atomic E-state index is -1.82. The monoisotopic (exact) mass is 478 g/mol. The van der Waals surface area contributed by atoms with Gasteiger partial charge in [0.25, 0.3) is 0 Å². The first-order valence-electron chi connectivity index (χ1n) is 11.7. The molecule has 8 atom stereocenters. The Kier molecular flexibility index (Phi) is 5.88. The van der Waals surface area contributed by atoms with Crippen LogP contribution in [0.1, 0.15) is 64.7 Å². The molecule has 0 spiro atoms. The smallest absolute Gasteiger partial charge is 0.313 e. The van der Waals surface area contributed by atoms with Crippen LogP contribution < -0.4 is 0 Å². The van der Waals surface area contributed by atoms with E-state index in [1.54, 1.807) is 13.0 Å². The van der Waals surface area contributed by atoms with Crippen LogP contribution >= 0.6 is 0 Å². The van der Waals surface area contributed by atoms with Gasteiger partial charge in [0.15, 0.2) is 0 Å². The fraction of sp³-hybridized carbons (Fsp3) is 0.720. The van der Waals surface area contributed by atoms with Gasteiger partial charge in [-0.3, -0.25) is 14.4 Å². The summed E-state index contributed by atoms with van der Waals surface area (Å²) in [6.45, 7) is 8.04. The number of methoxy groups -OCH3 is 1. The minimum absolute atomic E-state index is 0.303. The molecule has 188 valence electrons. The molecule has 0 amide bonds. The lowest BCUT2D eigenvalue weighted by atomic mass is 9.39. The van der Waals surface area contributed by atoms with Crippen LogP contribution in [0.2, 0.25) is 0 Å². The fourth-order valence-corrected chi connectivity index (χ4v) is 7.37. The topological polar surface area (TPSA) is 133 Å². The molecule has 1 aromatic rings. The van der Waals surface area contributed by atoms with Crippen molar-refractivity contribution in [3.8, 4) is 0 Å². The fourth-order valence-electron chi connectivity index (χ4n) is 7.37. The summed E-state index contributed by atoms with van der Waals surface area (Å²) in [6, 6.07) is 1.68. The van der Waals surface area contributed by atoms with E-state index in [1.165, 1.54) is 27.2 Å². The van der Waals surface area contributed by atoms with Crippen LogP contribution in [0.25, 0.3) is 0 Å². The molecule has 2 N–H and O–H groups in total. The lowest BCUT2D eigenvalue weighted by Crippen LogP contribution is -2.80. The van der Waals surface area contributed by atoms with E-state index in [0.717, 1.165) is 0 Å². The first-order chi connectivity index (χ1) is 15.8. The molecule has 0 aromatic carbocycles. The summed E-state index contributed by atoms with van der Waals surface area (Å²) in [4.78, 5) is 37.4. The molecule has 9 heteroatoms. The highest BCUT2D eigenvalue weighted by Gasteiger charge is 2.76. The van der Waals surface area contributed by atoms with Gasteiger partial charge in [-0.15, -0.1) is 0 Å². The van der Waals surface area contributed by atoms with Gasteiger partial charge < -0.3 is 28.8 Å². The zero-order chi connectivity index (χ0) is 25.2. The third kappa shape index (κ3) is 3.16. The lowest BCUT2D eigenvalue weighted by molar-refractivity contribution is -0.337. The van der Waals surface area contributed by atoms with Gasteiger partial charge in [-0.25, -0.2) is 0 Å². The van der Waals surface area contributed by atoms with Crippen LogP contribution in [0.3, 0.4) is 0 Å². The van der Waals surface area contributed by atoms with E-state index in [1.807, 2.05) is 13.8 Å². The third-order valence-corrected chi connectivity index (χ3v) is 8.88. The van der Waals surface area contributed by atoms with E-state index in [4.69, 9.17) is 18.6 Å². The van der Waals surface area contributed by atoms with Crippen molar-refractivity contribution in [2.45, 2.75) is 83.7 Å². The second-order valence-electron chi connectivity index (χ2n) is 10.8. The molecule has 3 aliphatic rings. The average molecular weight is 479 g/mol. The largest absolute Gasteiger partial charge is 0.469 e. The molecule has 2 saturated carbocycles. The molecule has 0 aliphatic heterocycles. The number of hydrogen-bond acceptors (Lipinski definition) is 9. The molecule has 8 unspecified atom stereocenters. The molecular weight excluding hydrogens is 444 g/mol. The Balaban J connectivity index is 2.00. The number of aliphatic hydroxyl groups is 2. The second-order valence-corrected chi connectivity index (χ2v) is 10.8. The highest BCUT2D eigenvalue weighted by molar-refractivity contribution is 5.80. The van der Waals surface area contributed by atoms with Gasteiger partial charge in [-0.1, -0.05) is 20.8 Å². The Bertz CT molecular complexity index is 996. The van der Waals surface area contributed by atoms with Gasteiger partial charge in [0, 0.05) is 37.2 Å². The Hall–Kier alpha value is -2.39. The van der Waals surface area contributed by atoms with E-state index in [2.05, 4.69) is 0 Å². The molecule has 1 heterocycles. The number of furan rings is 1. The first kappa shape index (κ1) is 24.7. The summed E-state index contributed by atoms with van der Waals surface area (Å²) < 4.78 is 22.3. The van der Waals surface area contributed by atoms with Crippen molar-refractivity contribution in [3.63, 3.8) is 0 Å². The maximum Gasteiger partial charge on any atom is 0.313 e. The molecular formula is C25H34O9. The number of ether oxygens (including phenoxy) is 3. The van der Waals surface area contributed by atoms with Gasteiger partial charge in [0.1, 0.15) is 29.7 Å². The predicted octanol–water partition coefficient (Wildman–Crippen LogP) is 2.12. The van der Waals surface area contributed by atoms with Crippen LogP contribution in [0.4, 0.5) is 0 Å². The summed E-state index contributed by atoms with van der Waals surface area (Å²) in [5, 5.41) is 24.2. The Morgan fingerprint density at radius 3 is 2.35 bits per heavy atom. The van der Waals surface area contributed by atoms with E-state index < -0.39 is 70.4 Å². The molecule has 1 aromatic heterocycles. The number of aliphatic hydroxyl groups excluding tert-OH is 1. The standard InChI is InChI=1S/C25H34O9/c1-12(26)33-17-7-9-23(3,4)25(30)21(28)20(34-13(2)27)19-15(24(17,25)5)11-16-14(8-10-32-16)18(19)22(29)31-6/h8,10,15,17-21,28,30H,7,9,11H2,1-6H3. The van der Waals surface area contributed by atoms with Crippen LogP contribution in [-0.2, 0) is 35.0 Å². The molecule has 34 heavy (non-hydrogen) atoms. The quantitative estimate of drug-likeness (QED) is 0.495. The molecule has 2 fully saturated rings. The maximum absolute atomic E-state index is 13.1. The van der Waals surface area contributed by atoms with Crippen molar-refractivity contribution < 1.29 is 43.2 Å². The highest BCUT2D eigenvalue weighted by Crippen LogP contribution is 2.67. The van der Waals surface area contributed by atoms with Crippen molar-refractivity contribution in [2.75, 3.05) is 7.11 Å². The minimum Gasteiger partial charge on any atom is -0.469 e. The maximum atomic E-state index is 13.1. The number of hydrogen-bond donors (Lipinski definition) is 2. The normalized spacial score (nSPS) is 40.2. The molecule has 4 rings (SSSR count). The predicted molar refractivity (Wildman–Crippen MR) is 117 cm³/mol. The summed E-state index contributed by atoms with van der Waals surface area (Å²) in [5.74, 6) is -3.33. The number of carbonyl (C=O) groups is 3. The lowest BCUT2D eigenvalue weighted by Gasteiger charge is -2.69. The number of rotatable bonds is 3. The Morgan fingerprint density at radius 2 is 1.76 bits per heavy atom. The number of carbonyl (C=O) groups excluding carboxylic acids is 3. The van der Waals surface area contributed by atoms with E-state index in [9.17, 15) is 24.6 Å².